The average molecular weight is 456 g/mol. The second-order valence-electron chi connectivity index (χ2n) is 6.93. The predicted molar refractivity (Wildman–Crippen MR) is 111 cm³/mol. The molecule has 0 spiro atoms. The van der Waals surface area contributed by atoms with Crippen molar-refractivity contribution in [3.63, 3.8) is 0 Å². The number of hydrogen-bond donors (Lipinski definition) is 0. The third kappa shape index (κ3) is 4.09. The van der Waals surface area contributed by atoms with Crippen molar-refractivity contribution < 1.29 is 23.0 Å². The third-order valence-electron chi connectivity index (χ3n) is 4.92. The molecular formula is C20H18F2N8O3. The summed E-state index contributed by atoms with van der Waals surface area (Å²) >= 11 is 0. The van der Waals surface area contributed by atoms with Gasteiger partial charge in [-0.15, -0.1) is 0 Å². The summed E-state index contributed by atoms with van der Waals surface area (Å²) in [5, 5.41) is 0. The van der Waals surface area contributed by atoms with E-state index in [0.29, 0.717) is 37.6 Å². The number of fused-ring (bicyclic) bond motifs is 1. The zero-order valence-corrected chi connectivity index (χ0v) is 17.4. The van der Waals surface area contributed by atoms with E-state index in [2.05, 4.69) is 29.9 Å². The maximum Gasteiger partial charge on any atom is 0.328 e. The van der Waals surface area contributed by atoms with Crippen LogP contribution < -0.4 is 14.4 Å². The lowest BCUT2D eigenvalue weighted by atomic mass is 10.3. The lowest BCUT2D eigenvalue weighted by Crippen LogP contribution is -2.37. The summed E-state index contributed by atoms with van der Waals surface area (Å²) in [4.78, 5) is 26.9. The van der Waals surface area contributed by atoms with Crippen LogP contribution in [-0.2, 0) is 4.74 Å². The van der Waals surface area contributed by atoms with Crippen LogP contribution >= 0.6 is 0 Å². The molecule has 1 saturated heterocycles. The fraction of sp³-hybridized carbons (Fsp3) is 0.300. The molecule has 170 valence electrons. The minimum absolute atomic E-state index is 0.0654. The van der Waals surface area contributed by atoms with Gasteiger partial charge in [0.25, 0.3) is 6.43 Å². The topological polar surface area (TPSA) is 113 Å². The summed E-state index contributed by atoms with van der Waals surface area (Å²) in [6.45, 7) is 2.02. The van der Waals surface area contributed by atoms with E-state index in [1.54, 1.807) is 18.2 Å². The number of para-hydroxylation sites is 1. The molecule has 4 aromatic rings. The highest BCUT2D eigenvalue weighted by Gasteiger charge is 2.26. The van der Waals surface area contributed by atoms with Crippen molar-refractivity contribution in [2.24, 2.45) is 0 Å². The standard InChI is InChI=1S/C20H18F2N8O3/c1-31-14-4-2-3-13-15(14)25-17(16(21)22)30(13)19-26-18(29-5-7-32-8-6-29)27-20(28-19)33-12-9-23-11-24-10-12/h2-4,9-11,16H,5-8H2,1H3. The Morgan fingerprint density at radius 3 is 2.48 bits per heavy atom. The highest BCUT2D eigenvalue weighted by atomic mass is 19.3. The van der Waals surface area contributed by atoms with Crippen LogP contribution in [0.4, 0.5) is 14.7 Å². The first-order valence-corrected chi connectivity index (χ1v) is 9.99. The molecule has 1 aliphatic rings. The van der Waals surface area contributed by atoms with Crippen LogP contribution in [0.5, 0.6) is 17.5 Å². The molecule has 13 heteroatoms. The fourth-order valence-electron chi connectivity index (χ4n) is 3.44. The quantitative estimate of drug-likeness (QED) is 0.429. The van der Waals surface area contributed by atoms with Gasteiger partial charge >= 0.3 is 6.01 Å². The van der Waals surface area contributed by atoms with E-state index in [1.807, 2.05) is 4.90 Å². The van der Waals surface area contributed by atoms with Gasteiger partial charge in [-0.05, 0) is 12.1 Å². The first-order chi connectivity index (χ1) is 16.1. The van der Waals surface area contributed by atoms with Crippen molar-refractivity contribution >= 4 is 17.0 Å². The number of imidazole rings is 1. The van der Waals surface area contributed by atoms with Crippen LogP contribution in [0.1, 0.15) is 12.2 Å². The zero-order valence-electron chi connectivity index (χ0n) is 17.4. The number of methoxy groups -OCH3 is 1. The van der Waals surface area contributed by atoms with Gasteiger partial charge in [0.1, 0.15) is 17.6 Å². The van der Waals surface area contributed by atoms with Crippen molar-refractivity contribution in [3.05, 3.63) is 42.7 Å². The third-order valence-corrected chi connectivity index (χ3v) is 4.92. The molecule has 3 aromatic heterocycles. The molecule has 0 saturated carbocycles. The first-order valence-electron chi connectivity index (χ1n) is 9.99. The predicted octanol–water partition coefficient (Wildman–Crippen LogP) is 2.58. The van der Waals surface area contributed by atoms with Gasteiger partial charge in [-0.25, -0.2) is 23.7 Å². The van der Waals surface area contributed by atoms with Gasteiger partial charge in [-0.2, -0.15) is 15.0 Å². The number of alkyl halides is 2. The number of nitrogens with zero attached hydrogens (tertiary/aromatic N) is 8. The van der Waals surface area contributed by atoms with Gasteiger partial charge in [0, 0.05) is 13.1 Å². The number of rotatable bonds is 6. The summed E-state index contributed by atoms with van der Waals surface area (Å²) in [6, 6.07) is 4.87. The molecule has 33 heavy (non-hydrogen) atoms. The molecule has 1 fully saturated rings. The zero-order chi connectivity index (χ0) is 22.8. The Morgan fingerprint density at radius 1 is 1.00 bits per heavy atom. The minimum atomic E-state index is -2.89. The van der Waals surface area contributed by atoms with Crippen molar-refractivity contribution in [3.8, 4) is 23.5 Å². The summed E-state index contributed by atoms with van der Waals surface area (Å²) in [5.74, 6) is 0.314. The van der Waals surface area contributed by atoms with E-state index in [0.717, 1.165) is 0 Å². The summed E-state index contributed by atoms with van der Waals surface area (Å²) in [7, 11) is 1.45. The van der Waals surface area contributed by atoms with Crippen molar-refractivity contribution in [1.82, 2.24) is 34.5 Å². The van der Waals surface area contributed by atoms with E-state index >= 15 is 0 Å². The normalized spacial score (nSPS) is 14.1. The molecule has 11 nitrogen and oxygen atoms in total. The maximum atomic E-state index is 14.0. The van der Waals surface area contributed by atoms with Gasteiger partial charge in [-0.1, -0.05) is 6.07 Å². The molecule has 0 N–H and O–H groups in total. The highest BCUT2D eigenvalue weighted by molar-refractivity contribution is 5.84. The fourth-order valence-corrected chi connectivity index (χ4v) is 3.44. The van der Waals surface area contributed by atoms with Crippen molar-refractivity contribution in [1.29, 1.82) is 0 Å². The molecule has 0 unspecified atom stereocenters. The van der Waals surface area contributed by atoms with Crippen LogP contribution in [0.2, 0.25) is 0 Å². The molecule has 4 heterocycles. The van der Waals surface area contributed by atoms with Gasteiger partial charge < -0.3 is 19.1 Å². The molecular weight excluding hydrogens is 438 g/mol. The average Bonchev–Trinajstić information content (AvgIpc) is 3.25. The SMILES string of the molecule is COc1cccc2c1nc(C(F)F)n2-c1nc(Oc2cncnc2)nc(N2CCOCC2)n1. The van der Waals surface area contributed by atoms with E-state index in [-0.39, 0.29) is 29.2 Å². The molecule has 1 aliphatic heterocycles. The molecule has 0 amide bonds. The number of morpholine rings is 1. The summed E-state index contributed by atoms with van der Waals surface area (Å²) < 4.78 is 45.6. The summed E-state index contributed by atoms with van der Waals surface area (Å²) in [6.07, 6.45) is 1.34. The molecule has 0 aliphatic carbocycles. The Hall–Kier alpha value is -4.00. The Morgan fingerprint density at radius 2 is 1.76 bits per heavy atom. The number of ether oxygens (including phenoxy) is 3. The second kappa shape index (κ2) is 8.86. The largest absolute Gasteiger partial charge is 0.494 e. The van der Waals surface area contributed by atoms with Crippen LogP contribution in [0.25, 0.3) is 17.0 Å². The minimum Gasteiger partial charge on any atom is -0.494 e. The van der Waals surface area contributed by atoms with Crippen molar-refractivity contribution in [2.75, 3.05) is 38.3 Å². The smallest absolute Gasteiger partial charge is 0.328 e. The number of aromatic nitrogens is 7. The highest BCUT2D eigenvalue weighted by Crippen LogP contribution is 2.32. The van der Waals surface area contributed by atoms with E-state index < -0.39 is 12.2 Å². The second-order valence-corrected chi connectivity index (χ2v) is 6.93. The van der Waals surface area contributed by atoms with Gasteiger partial charge in [0.2, 0.25) is 11.9 Å². The lowest BCUT2D eigenvalue weighted by Gasteiger charge is -2.27. The van der Waals surface area contributed by atoms with E-state index in [9.17, 15) is 8.78 Å². The van der Waals surface area contributed by atoms with Gasteiger partial charge in [-0.3, -0.25) is 4.57 Å². The van der Waals surface area contributed by atoms with Crippen LogP contribution in [-0.4, -0.2) is 67.9 Å². The molecule has 0 radical (unpaired) electrons. The monoisotopic (exact) mass is 456 g/mol. The number of benzene rings is 1. The van der Waals surface area contributed by atoms with Gasteiger partial charge in [0.05, 0.1) is 38.2 Å². The van der Waals surface area contributed by atoms with Gasteiger partial charge in [0.15, 0.2) is 11.6 Å². The maximum absolute atomic E-state index is 14.0. The van der Waals surface area contributed by atoms with E-state index in [1.165, 1.54) is 30.4 Å². The number of halogens is 2. The molecule has 1 aromatic carbocycles. The number of anilines is 1. The first kappa shape index (κ1) is 20.9. The molecule has 0 bridgehead atoms. The Balaban J connectivity index is 1.69. The van der Waals surface area contributed by atoms with Crippen LogP contribution in [0, 0.1) is 0 Å². The van der Waals surface area contributed by atoms with E-state index in [4.69, 9.17) is 14.2 Å². The molecule has 0 atom stereocenters. The Bertz CT molecular complexity index is 1270. The Kier molecular flexibility index (Phi) is 5.60. The Labute approximate surface area is 186 Å². The van der Waals surface area contributed by atoms with Crippen LogP contribution in [0.3, 0.4) is 0 Å². The summed E-state index contributed by atoms with van der Waals surface area (Å²) in [5.41, 5.74) is 0.625. The number of hydrogen-bond acceptors (Lipinski definition) is 10. The van der Waals surface area contributed by atoms with Crippen LogP contribution in [0.15, 0.2) is 36.9 Å². The van der Waals surface area contributed by atoms with Crippen molar-refractivity contribution in [2.45, 2.75) is 6.43 Å². The lowest BCUT2D eigenvalue weighted by molar-refractivity contribution is 0.122. The molecule has 5 rings (SSSR count).